The number of nitrogen functional groups attached to an aromatic ring is 1. The van der Waals surface area contributed by atoms with E-state index in [0.717, 1.165) is 18.4 Å². The van der Waals surface area contributed by atoms with E-state index in [2.05, 4.69) is 16.5 Å². The third-order valence-electron chi connectivity index (χ3n) is 3.61. The van der Waals surface area contributed by atoms with Gasteiger partial charge in [0.1, 0.15) is 5.82 Å². The van der Waals surface area contributed by atoms with Gasteiger partial charge in [0.05, 0.1) is 6.33 Å². The molecule has 2 rings (SSSR count). The average Bonchev–Trinajstić information content (AvgIpc) is 2.65. The molecule has 3 heteroatoms. The van der Waals surface area contributed by atoms with Crippen LogP contribution in [0, 0.1) is 11.8 Å². The minimum Gasteiger partial charge on any atom is -0.382 e. The summed E-state index contributed by atoms with van der Waals surface area (Å²) in [4.78, 5) is 4.06. The van der Waals surface area contributed by atoms with Crippen LogP contribution in [0.1, 0.15) is 39.0 Å². The number of aromatic nitrogens is 2. The van der Waals surface area contributed by atoms with Crippen molar-refractivity contribution in [2.75, 3.05) is 5.73 Å². The fraction of sp³-hybridized carbons (Fsp3) is 0.750. The maximum absolute atomic E-state index is 5.60. The highest BCUT2D eigenvalue weighted by Crippen LogP contribution is 2.30. The zero-order valence-electron chi connectivity index (χ0n) is 9.52. The van der Waals surface area contributed by atoms with Crippen molar-refractivity contribution in [2.24, 2.45) is 11.8 Å². The molecule has 0 amide bonds. The smallest absolute Gasteiger partial charge is 0.141 e. The van der Waals surface area contributed by atoms with E-state index < -0.39 is 0 Å². The third kappa shape index (κ3) is 2.74. The lowest BCUT2D eigenvalue weighted by molar-refractivity contribution is 0.241. The Balaban J connectivity index is 1.88. The van der Waals surface area contributed by atoms with Gasteiger partial charge in [-0.05, 0) is 11.8 Å². The van der Waals surface area contributed by atoms with Crippen molar-refractivity contribution in [3.05, 3.63) is 12.5 Å². The molecule has 2 N–H and O–H groups in total. The molecule has 0 spiro atoms. The first-order valence-corrected chi connectivity index (χ1v) is 6.03. The maximum Gasteiger partial charge on any atom is 0.141 e. The SMILES string of the molecule is CC(Cn1cnc(N)c1)C1CCCCC1. The van der Waals surface area contributed by atoms with Gasteiger partial charge >= 0.3 is 0 Å². The van der Waals surface area contributed by atoms with Crippen molar-refractivity contribution in [3.8, 4) is 0 Å². The zero-order chi connectivity index (χ0) is 10.7. The van der Waals surface area contributed by atoms with Gasteiger partial charge in [-0.1, -0.05) is 39.0 Å². The summed E-state index contributed by atoms with van der Waals surface area (Å²) in [6, 6.07) is 0. The first-order chi connectivity index (χ1) is 7.25. The molecular formula is C12H21N3. The summed E-state index contributed by atoms with van der Waals surface area (Å²) in [5.74, 6) is 2.28. The molecule has 0 radical (unpaired) electrons. The quantitative estimate of drug-likeness (QED) is 0.828. The largest absolute Gasteiger partial charge is 0.382 e. The summed E-state index contributed by atoms with van der Waals surface area (Å²) in [6.45, 7) is 3.42. The molecule has 1 aromatic heterocycles. The van der Waals surface area contributed by atoms with Crippen molar-refractivity contribution in [1.82, 2.24) is 9.55 Å². The van der Waals surface area contributed by atoms with Crippen LogP contribution in [0.2, 0.25) is 0 Å². The Morgan fingerprint density at radius 1 is 1.47 bits per heavy atom. The minimum atomic E-state index is 0.630. The van der Waals surface area contributed by atoms with Crippen LogP contribution >= 0.6 is 0 Å². The highest BCUT2D eigenvalue weighted by Gasteiger charge is 2.20. The lowest BCUT2D eigenvalue weighted by Crippen LogP contribution is -2.19. The summed E-state index contributed by atoms with van der Waals surface area (Å²) < 4.78 is 2.12. The molecule has 1 heterocycles. The fourth-order valence-electron chi connectivity index (χ4n) is 2.66. The third-order valence-corrected chi connectivity index (χ3v) is 3.61. The maximum atomic E-state index is 5.60. The molecule has 1 saturated carbocycles. The van der Waals surface area contributed by atoms with Crippen LogP contribution in [0.5, 0.6) is 0 Å². The van der Waals surface area contributed by atoms with Gasteiger partial charge in [-0.2, -0.15) is 0 Å². The predicted molar refractivity (Wildman–Crippen MR) is 62.4 cm³/mol. The van der Waals surface area contributed by atoms with E-state index in [9.17, 15) is 0 Å². The summed E-state index contributed by atoms with van der Waals surface area (Å²) in [6.07, 6.45) is 10.9. The standard InChI is InChI=1S/C12H21N3/c1-10(11-5-3-2-4-6-11)7-15-8-12(13)14-9-15/h8-11H,2-7,13H2,1H3. The Bertz CT molecular complexity index is 300. The number of hydrogen-bond acceptors (Lipinski definition) is 2. The second kappa shape index (κ2) is 4.69. The molecule has 0 saturated heterocycles. The van der Waals surface area contributed by atoms with Crippen LogP contribution in [0.3, 0.4) is 0 Å². The molecule has 1 unspecified atom stereocenters. The van der Waals surface area contributed by atoms with Crippen LogP contribution < -0.4 is 5.73 Å². The van der Waals surface area contributed by atoms with Crippen molar-refractivity contribution in [3.63, 3.8) is 0 Å². The van der Waals surface area contributed by atoms with Crippen molar-refractivity contribution >= 4 is 5.82 Å². The highest BCUT2D eigenvalue weighted by atomic mass is 15.1. The van der Waals surface area contributed by atoms with Gasteiger partial charge in [-0.15, -0.1) is 0 Å². The number of hydrogen-bond donors (Lipinski definition) is 1. The molecule has 1 aliphatic carbocycles. The van der Waals surface area contributed by atoms with Gasteiger partial charge in [-0.25, -0.2) is 4.98 Å². The molecule has 84 valence electrons. The Hall–Kier alpha value is -0.990. The molecule has 1 aliphatic rings. The van der Waals surface area contributed by atoms with E-state index in [1.807, 2.05) is 12.5 Å². The number of imidazole rings is 1. The van der Waals surface area contributed by atoms with Crippen molar-refractivity contribution < 1.29 is 0 Å². The van der Waals surface area contributed by atoms with E-state index in [-0.39, 0.29) is 0 Å². The van der Waals surface area contributed by atoms with E-state index in [1.54, 1.807) is 0 Å². The summed E-state index contributed by atoms with van der Waals surface area (Å²) >= 11 is 0. The predicted octanol–water partition coefficient (Wildman–Crippen LogP) is 2.68. The first-order valence-electron chi connectivity index (χ1n) is 6.03. The van der Waals surface area contributed by atoms with Crippen LogP contribution in [-0.2, 0) is 6.54 Å². The van der Waals surface area contributed by atoms with Gasteiger partial charge in [-0.3, -0.25) is 0 Å². The summed E-state index contributed by atoms with van der Waals surface area (Å²) in [5, 5.41) is 0. The first kappa shape index (κ1) is 10.5. The number of nitrogens with two attached hydrogens (primary N) is 1. The number of rotatable bonds is 3. The van der Waals surface area contributed by atoms with Gasteiger partial charge in [0.25, 0.3) is 0 Å². The summed E-state index contributed by atoms with van der Waals surface area (Å²) in [5.41, 5.74) is 5.60. The summed E-state index contributed by atoms with van der Waals surface area (Å²) in [7, 11) is 0. The van der Waals surface area contributed by atoms with Crippen LogP contribution in [0.25, 0.3) is 0 Å². The molecule has 1 atom stereocenters. The van der Waals surface area contributed by atoms with E-state index in [0.29, 0.717) is 5.82 Å². The number of nitrogens with zero attached hydrogens (tertiary/aromatic N) is 2. The number of anilines is 1. The second-order valence-electron chi connectivity index (χ2n) is 4.87. The van der Waals surface area contributed by atoms with Crippen LogP contribution in [-0.4, -0.2) is 9.55 Å². The molecule has 1 fully saturated rings. The molecule has 3 nitrogen and oxygen atoms in total. The van der Waals surface area contributed by atoms with Gasteiger partial charge in [0.15, 0.2) is 0 Å². The van der Waals surface area contributed by atoms with Gasteiger partial charge in [0.2, 0.25) is 0 Å². The average molecular weight is 207 g/mol. The minimum absolute atomic E-state index is 0.630. The zero-order valence-corrected chi connectivity index (χ0v) is 9.52. The Morgan fingerprint density at radius 3 is 2.80 bits per heavy atom. The fourth-order valence-corrected chi connectivity index (χ4v) is 2.66. The molecular weight excluding hydrogens is 186 g/mol. The van der Waals surface area contributed by atoms with Crippen molar-refractivity contribution in [1.29, 1.82) is 0 Å². The Kier molecular flexibility index (Phi) is 3.29. The highest BCUT2D eigenvalue weighted by molar-refractivity contribution is 5.22. The van der Waals surface area contributed by atoms with E-state index >= 15 is 0 Å². The molecule has 0 aromatic carbocycles. The van der Waals surface area contributed by atoms with Crippen molar-refractivity contribution in [2.45, 2.75) is 45.6 Å². The lowest BCUT2D eigenvalue weighted by Gasteiger charge is -2.27. The van der Waals surface area contributed by atoms with Crippen LogP contribution in [0.15, 0.2) is 12.5 Å². The molecule has 1 aromatic rings. The molecule has 0 aliphatic heterocycles. The molecule has 0 bridgehead atoms. The monoisotopic (exact) mass is 207 g/mol. The normalized spacial score (nSPS) is 20.3. The Labute approximate surface area is 91.7 Å². The van der Waals surface area contributed by atoms with Gasteiger partial charge in [0, 0.05) is 12.7 Å². The van der Waals surface area contributed by atoms with Crippen LogP contribution in [0.4, 0.5) is 5.82 Å². The second-order valence-corrected chi connectivity index (χ2v) is 4.87. The van der Waals surface area contributed by atoms with E-state index in [1.165, 1.54) is 32.1 Å². The van der Waals surface area contributed by atoms with Gasteiger partial charge < -0.3 is 10.3 Å². The van der Waals surface area contributed by atoms with E-state index in [4.69, 9.17) is 5.73 Å². The topological polar surface area (TPSA) is 43.8 Å². The lowest BCUT2D eigenvalue weighted by atomic mass is 9.81. The molecule has 15 heavy (non-hydrogen) atoms. The Morgan fingerprint density at radius 2 is 2.20 bits per heavy atom.